The van der Waals surface area contributed by atoms with Gasteiger partial charge in [-0.15, -0.1) is 0 Å². The predicted octanol–water partition coefficient (Wildman–Crippen LogP) is 4.90. The fraction of sp³-hybridized carbons (Fsp3) is 0.222. The minimum Gasteiger partial charge on any atom is -0.335 e. The van der Waals surface area contributed by atoms with Crippen molar-refractivity contribution < 1.29 is 9.59 Å². The Balaban J connectivity index is 1.69. The highest BCUT2D eigenvalue weighted by molar-refractivity contribution is 6.36. The maximum Gasteiger partial charge on any atom is 0.255 e. The summed E-state index contributed by atoms with van der Waals surface area (Å²) in [5, 5.41) is 1.59. The molecule has 1 heterocycles. The van der Waals surface area contributed by atoms with Gasteiger partial charge in [0.15, 0.2) is 0 Å². The summed E-state index contributed by atoms with van der Waals surface area (Å²) >= 11 is 24.1. The van der Waals surface area contributed by atoms with Crippen molar-refractivity contribution in [3.63, 3.8) is 0 Å². The number of halogens is 4. The lowest BCUT2D eigenvalue weighted by Crippen LogP contribution is -2.50. The van der Waals surface area contributed by atoms with Crippen molar-refractivity contribution in [2.24, 2.45) is 0 Å². The van der Waals surface area contributed by atoms with Gasteiger partial charge in [-0.3, -0.25) is 9.59 Å². The molecule has 2 aromatic carbocycles. The first-order valence-electron chi connectivity index (χ1n) is 7.85. The van der Waals surface area contributed by atoms with Crippen LogP contribution in [-0.2, 0) is 0 Å². The van der Waals surface area contributed by atoms with Crippen LogP contribution in [0.25, 0.3) is 0 Å². The third-order valence-corrected chi connectivity index (χ3v) is 5.30. The molecular formula is C18H14Cl4N2O2. The highest BCUT2D eigenvalue weighted by atomic mass is 35.5. The molecule has 0 radical (unpaired) electrons. The molecular weight excluding hydrogens is 418 g/mol. The summed E-state index contributed by atoms with van der Waals surface area (Å²) in [6.07, 6.45) is 0. The van der Waals surface area contributed by atoms with E-state index in [0.29, 0.717) is 57.4 Å². The van der Waals surface area contributed by atoms with Crippen LogP contribution in [-0.4, -0.2) is 47.8 Å². The Labute approximate surface area is 171 Å². The molecule has 1 saturated heterocycles. The van der Waals surface area contributed by atoms with Crippen LogP contribution in [0.1, 0.15) is 20.7 Å². The molecule has 0 atom stereocenters. The molecule has 8 heteroatoms. The normalized spacial score (nSPS) is 14.5. The lowest BCUT2D eigenvalue weighted by molar-refractivity contribution is 0.0535. The highest BCUT2D eigenvalue weighted by Gasteiger charge is 2.27. The van der Waals surface area contributed by atoms with Gasteiger partial charge in [0, 0.05) is 36.2 Å². The van der Waals surface area contributed by atoms with Gasteiger partial charge in [-0.1, -0.05) is 46.4 Å². The molecule has 0 spiro atoms. The molecule has 0 unspecified atom stereocenters. The van der Waals surface area contributed by atoms with Crippen molar-refractivity contribution in [2.45, 2.75) is 0 Å². The first-order chi connectivity index (χ1) is 12.4. The van der Waals surface area contributed by atoms with Crippen molar-refractivity contribution in [1.82, 2.24) is 9.80 Å². The van der Waals surface area contributed by atoms with E-state index in [1.54, 1.807) is 46.2 Å². The number of nitrogens with zero attached hydrogens (tertiary/aromatic N) is 2. The Morgan fingerprint density at radius 2 is 1.00 bits per heavy atom. The van der Waals surface area contributed by atoms with E-state index in [4.69, 9.17) is 46.4 Å². The Morgan fingerprint density at radius 3 is 1.35 bits per heavy atom. The second-order valence-corrected chi connectivity index (χ2v) is 7.52. The second kappa shape index (κ2) is 8.05. The molecule has 0 bridgehead atoms. The van der Waals surface area contributed by atoms with E-state index in [0.717, 1.165) is 0 Å². The Hall–Kier alpha value is -1.46. The van der Waals surface area contributed by atoms with Crippen molar-refractivity contribution in [3.05, 3.63) is 67.6 Å². The van der Waals surface area contributed by atoms with E-state index in [2.05, 4.69) is 0 Å². The van der Waals surface area contributed by atoms with Gasteiger partial charge in [-0.2, -0.15) is 0 Å². The van der Waals surface area contributed by atoms with Crippen molar-refractivity contribution in [3.8, 4) is 0 Å². The molecule has 1 fully saturated rings. The number of carbonyl (C=O) groups is 2. The van der Waals surface area contributed by atoms with Crippen LogP contribution in [0.4, 0.5) is 0 Å². The summed E-state index contributed by atoms with van der Waals surface area (Å²) in [6.45, 7) is 1.58. The molecule has 26 heavy (non-hydrogen) atoms. The van der Waals surface area contributed by atoms with E-state index in [1.165, 1.54) is 0 Å². The Bertz CT molecular complexity index is 793. The average molecular weight is 432 g/mol. The van der Waals surface area contributed by atoms with Gasteiger partial charge in [0.2, 0.25) is 0 Å². The minimum absolute atomic E-state index is 0.203. The third-order valence-electron chi connectivity index (χ3n) is 4.17. The molecule has 1 aliphatic heterocycles. The van der Waals surface area contributed by atoms with E-state index in [1.807, 2.05) is 0 Å². The van der Waals surface area contributed by atoms with Crippen LogP contribution < -0.4 is 0 Å². The zero-order valence-corrected chi connectivity index (χ0v) is 16.5. The molecule has 2 aromatic rings. The topological polar surface area (TPSA) is 40.6 Å². The monoisotopic (exact) mass is 430 g/mol. The van der Waals surface area contributed by atoms with Crippen LogP contribution in [0.2, 0.25) is 20.1 Å². The quantitative estimate of drug-likeness (QED) is 0.678. The van der Waals surface area contributed by atoms with Gasteiger partial charge < -0.3 is 9.80 Å². The zero-order chi connectivity index (χ0) is 18.8. The smallest absolute Gasteiger partial charge is 0.255 e. The molecule has 0 saturated carbocycles. The lowest BCUT2D eigenvalue weighted by atomic mass is 10.1. The van der Waals surface area contributed by atoms with Crippen molar-refractivity contribution >= 4 is 58.2 Å². The van der Waals surface area contributed by atoms with Crippen LogP contribution in [0.5, 0.6) is 0 Å². The average Bonchev–Trinajstić information content (AvgIpc) is 2.64. The van der Waals surface area contributed by atoms with Crippen molar-refractivity contribution in [1.29, 1.82) is 0 Å². The highest BCUT2D eigenvalue weighted by Crippen LogP contribution is 2.24. The first kappa shape index (κ1) is 19.3. The van der Waals surface area contributed by atoms with Crippen LogP contribution in [0, 0.1) is 0 Å². The number of carbonyl (C=O) groups excluding carboxylic acids is 2. The third kappa shape index (κ3) is 4.09. The van der Waals surface area contributed by atoms with Gasteiger partial charge in [0.25, 0.3) is 11.8 Å². The van der Waals surface area contributed by atoms with Gasteiger partial charge >= 0.3 is 0 Å². The molecule has 3 rings (SSSR count). The van der Waals surface area contributed by atoms with Crippen LogP contribution in [0.15, 0.2) is 36.4 Å². The summed E-state index contributed by atoms with van der Waals surface area (Å²) in [7, 11) is 0. The largest absolute Gasteiger partial charge is 0.335 e. The summed E-state index contributed by atoms with van der Waals surface area (Å²) in [6, 6.07) is 9.55. The van der Waals surface area contributed by atoms with Gasteiger partial charge in [-0.25, -0.2) is 0 Å². The summed E-state index contributed by atoms with van der Waals surface area (Å²) < 4.78 is 0. The van der Waals surface area contributed by atoms with Crippen molar-refractivity contribution in [2.75, 3.05) is 26.2 Å². The van der Waals surface area contributed by atoms with E-state index < -0.39 is 0 Å². The molecule has 0 aromatic heterocycles. The molecule has 2 amide bonds. The van der Waals surface area contributed by atoms with E-state index in [9.17, 15) is 9.59 Å². The molecule has 136 valence electrons. The second-order valence-electron chi connectivity index (χ2n) is 5.83. The minimum atomic E-state index is -0.203. The number of benzene rings is 2. The predicted molar refractivity (Wildman–Crippen MR) is 105 cm³/mol. The Morgan fingerprint density at radius 1 is 0.654 bits per heavy atom. The van der Waals surface area contributed by atoms with Gasteiger partial charge in [0.05, 0.1) is 21.2 Å². The van der Waals surface area contributed by atoms with Gasteiger partial charge in [-0.05, 0) is 36.4 Å². The zero-order valence-electron chi connectivity index (χ0n) is 13.5. The number of rotatable bonds is 2. The number of hydrogen-bond acceptors (Lipinski definition) is 2. The maximum absolute atomic E-state index is 12.7. The van der Waals surface area contributed by atoms with E-state index >= 15 is 0 Å². The van der Waals surface area contributed by atoms with Gasteiger partial charge in [0.1, 0.15) is 0 Å². The summed E-state index contributed by atoms with van der Waals surface area (Å²) in [5.74, 6) is -0.407. The molecule has 1 aliphatic rings. The lowest BCUT2D eigenvalue weighted by Gasteiger charge is -2.35. The maximum atomic E-state index is 12.7. The summed E-state index contributed by atoms with van der Waals surface area (Å²) in [4.78, 5) is 28.6. The molecule has 0 aliphatic carbocycles. The number of hydrogen-bond donors (Lipinski definition) is 0. The molecule has 0 N–H and O–H groups in total. The summed E-state index contributed by atoms with van der Waals surface area (Å²) in [5.41, 5.74) is 0.716. The SMILES string of the molecule is O=C(c1cc(Cl)ccc1Cl)N1CCN(C(=O)c2cc(Cl)ccc2Cl)CC1. The number of amides is 2. The fourth-order valence-corrected chi connectivity index (χ4v) is 3.52. The molecule has 4 nitrogen and oxygen atoms in total. The van der Waals surface area contributed by atoms with E-state index in [-0.39, 0.29) is 11.8 Å². The fourth-order valence-electron chi connectivity index (χ4n) is 2.78. The first-order valence-corrected chi connectivity index (χ1v) is 9.36. The number of piperazine rings is 1. The standard InChI is InChI=1S/C18H14Cl4N2O2/c19-11-1-3-15(21)13(9-11)17(25)23-5-7-24(8-6-23)18(26)14-10-12(20)2-4-16(14)22/h1-4,9-10H,5-8H2. The Kier molecular flexibility index (Phi) is 5.98. The van der Waals surface area contributed by atoms with Crippen LogP contribution in [0.3, 0.4) is 0 Å². The van der Waals surface area contributed by atoms with Crippen LogP contribution >= 0.6 is 46.4 Å².